The van der Waals surface area contributed by atoms with Crippen molar-refractivity contribution in [1.29, 1.82) is 0 Å². The normalized spacial score (nSPS) is 19.6. The second kappa shape index (κ2) is 8.66. The number of nitrogens with zero attached hydrogens (tertiary/aromatic N) is 2. The van der Waals surface area contributed by atoms with Gasteiger partial charge in [-0.25, -0.2) is 0 Å². The number of methoxy groups -OCH3 is 1. The zero-order valence-corrected chi connectivity index (χ0v) is 13.4. The van der Waals surface area contributed by atoms with Gasteiger partial charge in [-0.05, 0) is 13.8 Å². The molecule has 1 fully saturated rings. The highest BCUT2D eigenvalue weighted by molar-refractivity contribution is 8.00. The van der Waals surface area contributed by atoms with Crippen LogP contribution in [0, 0.1) is 0 Å². The lowest BCUT2D eigenvalue weighted by Crippen LogP contribution is -2.51. The van der Waals surface area contributed by atoms with Gasteiger partial charge in [0.25, 0.3) is 0 Å². The van der Waals surface area contributed by atoms with Gasteiger partial charge in [-0.15, -0.1) is 0 Å². The number of nitrogens with one attached hydrogen (secondary N) is 1. The maximum Gasteiger partial charge on any atom is 0.193 e. The van der Waals surface area contributed by atoms with Crippen LogP contribution in [0.25, 0.3) is 0 Å². The number of aliphatic imine (C=N–C) groups is 1. The Morgan fingerprint density at radius 2 is 2.16 bits per heavy atom. The van der Waals surface area contributed by atoms with Crippen LogP contribution in [0.15, 0.2) is 4.99 Å². The zero-order valence-electron chi connectivity index (χ0n) is 12.6. The molecule has 0 saturated carbocycles. The van der Waals surface area contributed by atoms with Gasteiger partial charge in [0.2, 0.25) is 0 Å². The van der Waals surface area contributed by atoms with Crippen LogP contribution in [0.4, 0.5) is 0 Å². The van der Waals surface area contributed by atoms with Crippen molar-refractivity contribution in [3.05, 3.63) is 0 Å². The lowest BCUT2D eigenvalue weighted by molar-refractivity contribution is 0.0731. The quantitative estimate of drug-likeness (QED) is 0.450. The van der Waals surface area contributed by atoms with E-state index in [0.29, 0.717) is 24.6 Å². The van der Waals surface area contributed by atoms with Gasteiger partial charge in [0.1, 0.15) is 0 Å². The number of ether oxygens (including phenoxy) is 2. The molecule has 6 heteroatoms. The predicted octanol–water partition coefficient (Wildman–Crippen LogP) is 1.05. The molecule has 1 aliphatic heterocycles. The van der Waals surface area contributed by atoms with E-state index in [0.717, 1.165) is 31.3 Å². The van der Waals surface area contributed by atoms with Gasteiger partial charge in [0.15, 0.2) is 5.96 Å². The third kappa shape index (κ3) is 6.49. The summed E-state index contributed by atoms with van der Waals surface area (Å²) in [7, 11) is 3.52. The van der Waals surface area contributed by atoms with E-state index in [1.807, 2.05) is 18.8 Å². The standard InChI is InChI=1S/C13H27N3O2S/c1-13(2)11-16(6-10-19-13)12(14-3)15-5-7-18-9-8-17-4/h5-11H2,1-4H3,(H,14,15). The number of hydrogen-bond acceptors (Lipinski definition) is 4. The van der Waals surface area contributed by atoms with E-state index in [1.54, 1.807) is 7.11 Å². The van der Waals surface area contributed by atoms with Crippen molar-refractivity contribution >= 4 is 17.7 Å². The first kappa shape index (κ1) is 16.6. The summed E-state index contributed by atoms with van der Waals surface area (Å²) in [6.45, 7) is 9.39. The summed E-state index contributed by atoms with van der Waals surface area (Å²) in [5.74, 6) is 2.13. The third-order valence-corrected chi connectivity index (χ3v) is 4.20. The van der Waals surface area contributed by atoms with E-state index in [4.69, 9.17) is 9.47 Å². The summed E-state index contributed by atoms with van der Waals surface area (Å²) in [5, 5.41) is 3.35. The van der Waals surface area contributed by atoms with Crippen molar-refractivity contribution in [2.75, 3.05) is 59.4 Å². The molecule has 1 aliphatic rings. The first-order chi connectivity index (χ1) is 9.09. The first-order valence-electron chi connectivity index (χ1n) is 6.75. The molecule has 19 heavy (non-hydrogen) atoms. The van der Waals surface area contributed by atoms with Gasteiger partial charge in [0.05, 0.1) is 19.8 Å². The fourth-order valence-corrected chi connectivity index (χ4v) is 3.12. The lowest BCUT2D eigenvalue weighted by atomic mass is 10.2. The van der Waals surface area contributed by atoms with Crippen molar-refractivity contribution in [1.82, 2.24) is 10.2 Å². The van der Waals surface area contributed by atoms with Crippen LogP contribution in [0.1, 0.15) is 13.8 Å². The smallest absolute Gasteiger partial charge is 0.193 e. The maximum atomic E-state index is 5.43. The Bertz CT molecular complexity index is 285. The third-order valence-electron chi connectivity index (χ3n) is 2.90. The summed E-state index contributed by atoms with van der Waals surface area (Å²) >= 11 is 2.03. The largest absolute Gasteiger partial charge is 0.382 e. The average Bonchev–Trinajstić information content (AvgIpc) is 2.37. The Morgan fingerprint density at radius 1 is 1.37 bits per heavy atom. The molecule has 1 N–H and O–H groups in total. The SMILES string of the molecule is CN=C(NCCOCCOC)N1CCSC(C)(C)C1. The molecular weight excluding hydrogens is 262 g/mol. The van der Waals surface area contributed by atoms with Crippen molar-refractivity contribution in [3.8, 4) is 0 Å². The Kier molecular flexibility index (Phi) is 7.56. The van der Waals surface area contributed by atoms with Gasteiger partial charge >= 0.3 is 0 Å². The van der Waals surface area contributed by atoms with Crippen LogP contribution in [0.2, 0.25) is 0 Å². The minimum atomic E-state index is 0.296. The van der Waals surface area contributed by atoms with Crippen LogP contribution in [0.5, 0.6) is 0 Å². The number of hydrogen-bond donors (Lipinski definition) is 1. The first-order valence-corrected chi connectivity index (χ1v) is 7.74. The fourth-order valence-electron chi connectivity index (χ4n) is 2.01. The highest BCUT2D eigenvalue weighted by atomic mass is 32.2. The average molecular weight is 289 g/mol. The summed E-state index contributed by atoms with van der Waals surface area (Å²) in [5.41, 5.74) is 0. The molecule has 0 aromatic heterocycles. The van der Waals surface area contributed by atoms with Gasteiger partial charge in [-0.3, -0.25) is 4.99 Å². The summed E-state index contributed by atoms with van der Waals surface area (Å²) < 4.78 is 10.7. The summed E-state index contributed by atoms with van der Waals surface area (Å²) in [4.78, 5) is 6.68. The highest BCUT2D eigenvalue weighted by Crippen LogP contribution is 2.29. The molecule has 5 nitrogen and oxygen atoms in total. The van der Waals surface area contributed by atoms with Crippen LogP contribution in [-0.2, 0) is 9.47 Å². The summed E-state index contributed by atoms with van der Waals surface area (Å²) in [6, 6.07) is 0. The Hall–Kier alpha value is -0.460. The van der Waals surface area contributed by atoms with Crippen LogP contribution in [0.3, 0.4) is 0 Å². The van der Waals surface area contributed by atoms with E-state index in [9.17, 15) is 0 Å². The van der Waals surface area contributed by atoms with Gasteiger partial charge in [-0.1, -0.05) is 0 Å². The van der Waals surface area contributed by atoms with Crippen molar-refractivity contribution in [3.63, 3.8) is 0 Å². The monoisotopic (exact) mass is 289 g/mol. The number of thioether (sulfide) groups is 1. The molecule has 0 atom stereocenters. The minimum Gasteiger partial charge on any atom is -0.382 e. The predicted molar refractivity (Wildman–Crippen MR) is 82.2 cm³/mol. The maximum absolute atomic E-state index is 5.43. The van der Waals surface area contributed by atoms with Crippen molar-refractivity contribution < 1.29 is 9.47 Å². The van der Waals surface area contributed by atoms with Crippen molar-refractivity contribution in [2.24, 2.45) is 4.99 Å². The Balaban J connectivity index is 2.26. The fraction of sp³-hybridized carbons (Fsp3) is 0.923. The molecule has 1 saturated heterocycles. The molecule has 0 bridgehead atoms. The topological polar surface area (TPSA) is 46.1 Å². The summed E-state index contributed by atoms with van der Waals surface area (Å²) in [6.07, 6.45) is 0. The molecule has 1 heterocycles. The second-order valence-corrected chi connectivity index (χ2v) is 6.91. The minimum absolute atomic E-state index is 0.296. The zero-order chi connectivity index (χ0) is 14.1. The van der Waals surface area contributed by atoms with E-state index < -0.39 is 0 Å². The molecular formula is C13H27N3O2S. The van der Waals surface area contributed by atoms with Gasteiger partial charge in [-0.2, -0.15) is 11.8 Å². The van der Waals surface area contributed by atoms with E-state index in [1.165, 1.54) is 0 Å². The number of guanidine groups is 1. The Morgan fingerprint density at radius 3 is 2.79 bits per heavy atom. The Labute approximate surface area is 121 Å². The van der Waals surface area contributed by atoms with Crippen LogP contribution < -0.4 is 5.32 Å². The van der Waals surface area contributed by atoms with Gasteiger partial charge in [0, 0.05) is 44.3 Å². The molecule has 0 aromatic rings. The molecule has 112 valence electrons. The van der Waals surface area contributed by atoms with Crippen LogP contribution >= 0.6 is 11.8 Å². The molecule has 0 amide bonds. The molecule has 1 rings (SSSR count). The van der Waals surface area contributed by atoms with Crippen molar-refractivity contribution in [2.45, 2.75) is 18.6 Å². The van der Waals surface area contributed by atoms with Gasteiger partial charge < -0.3 is 19.7 Å². The second-order valence-electron chi connectivity index (χ2n) is 5.11. The molecule has 0 aliphatic carbocycles. The van der Waals surface area contributed by atoms with E-state index in [-0.39, 0.29) is 0 Å². The molecule has 0 radical (unpaired) electrons. The van der Waals surface area contributed by atoms with Crippen LogP contribution in [-0.4, -0.2) is 75.0 Å². The lowest BCUT2D eigenvalue weighted by Gasteiger charge is -2.39. The van der Waals surface area contributed by atoms with E-state index >= 15 is 0 Å². The van der Waals surface area contributed by atoms with E-state index in [2.05, 4.69) is 29.1 Å². The molecule has 0 aromatic carbocycles. The molecule has 0 unspecified atom stereocenters. The highest BCUT2D eigenvalue weighted by Gasteiger charge is 2.28. The molecule has 0 spiro atoms. The number of rotatable bonds is 6.